The lowest BCUT2D eigenvalue weighted by Crippen LogP contribution is -2.42. The van der Waals surface area contributed by atoms with Crippen molar-refractivity contribution < 1.29 is 32.7 Å². The summed E-state index contributed by atoms with van der Waals surface area (Å²) in [4.78, 5) is 12.8. The molecule has 2 N–H and O–H groups in total. The van der Waals surface area contributed by atoms with Crippen molar-refractivity contribution in [2.45, 2.75) is 49.9 Å². The highest BCUT2D eigenvalue weighted by Crippen LogP contribution is 2.49. The Morgan fingerprint density at radius 3 is 2.24 bits per heavy atom. The maximum absolute atomic E-state index is 13.6. The predicted octanol–water partition coefficient (Wildman–Crippen LogP) is 5.61. The maximum Gasteiger partial charge on any atom is 0.422 e. The lowest BCUT2D eigenvalue weighted by molar-refractivity contribution is -0.261. The molecule has 34 heavy (non-hydrogen) atoms. The summed E-state index contributed by atoms with van der Waals surface area (Å²) in [7, 11) is 0. The molecule has 2 aromatic carbocycles. The first-order valence-electron chi connectivity index (χ1n) is 11.0. The standard InChI is InChI=1S/C25H23F3N2O4/c1-24(33,25(26,27)28)22-21-14(12-30(23(31)32)13-20(21)34-29-22)10-11-19-17-8-4-2-6-15(17)16-7-3-5-9-18(16)19/h2-9,14,19,33H,10-13H2,1H3,(H,31,32). The van der Waals surface area contributed by atoms with Gasteiger partial charge in [0.25, 0.3) is 0 Å². The van der Waals surface area contributed by atoms with Gasteiger partial charge in [-0.1, -0.05) is 53.7 Å². The van der Waals surface area contributed by atoms with E-state index >= 15 is 0 Å². The molecule has 1 aromatic heterocycles. The van der Waals surface area contributed by atoms with Crippen molar-refractivity contribution >= 4 is 6.09 Å². The molecule has 1 aliphatic heterocycles. The normalized spacial score (nSPS) is 19.3. The van der Waals surface area contributed by atoms with E-state index in [-0.39, 0.29) is 30.3 Å². The summed E-state index contributed by atoms with van der Waals surface area (Å²) in [5.74, 6) is -0.525. The zero-order valence-corrected chi connectivity index (χ0v) is 18.3. The summed E-state index contributed by atoms with van der Waals surface area (Å²) in [6, 6.07) is 16.1. The van der Waals surface area contributed by atoms with Gasteiger partial charge in [0.2, 0.25) is 5.60 Å². The van der Waals surface area contributed by atoms with Gasteiger partial charge in [0, 0.05) is 23.9 Å². The molecule has 0 saturated carbocycles. The second kappa shape index (κ2) is 7.87. The van der Waals surface area contributed by atoms with E-state index < -0.39 is 29.5 Å². The monoisotopic (exact) mass is 472 g/mol. The summed E-state index contributed by atoms with van der Waals surface area (Å²) >= 11 is 0. The van der Waals surface area contributed by atoms with Gasteiger partial charge in [-0.2, -0.15) is 13.2 Å². The molecule has 0 bridgehead atoms. The van der Waals surface area contributed by atoms with Crippen molar-refractivity contribution in [2.75, 3.05) is 6.54 Å². The van der Waals surface area contributed by atoms with E-state index in [1.807, 2.05) is 24.3 Å². The number of carboxylic acid groups (broad SMARTS) is 1. The van der Waals surface area contributed by atoms with Crippen LogP contribution in [0.4, 0.5) is 18.0 Å². The van der Waals surface area contributed by atoms with Crippen LogP contribution in [-0.2, 0) is 12.1 Å². The molecule has 0 spiro atoms. The summed E-state index contributed by atoms with van der Waals surface area (Å²) in [5.41, 5.74) is 0.915. The van der Waals surface area contributed by atoms with Gasteiger partial charge in [-0.15, -0.1) is 0 Å². The average Bonchev–Trinajstić information content (AvgIpc) is 3.37. The topological polar surface area (TPSA) is 86.8 Å². The molecule has 3 aromatic rings. The van der Waals surface area contributed by atoms with E-state index in [9.17, 15) is 28.2 Å². The molecule has 2 unspecified atom stereocenters. The van der Waals surface area contributed by atoms with Gasteiger partial charge in [-0.05, 0) is 42.0 Å². The number of alkyl halides is 3. The number of aromatic nitrogens is 1. The summed E-state index contributed by atoms with van der Waals surface area (Å²) in [6.07, 6.45) is -5.17. The molecule has 178 valence electrons. The second-order valence-corrected chi connectivity index (χ2v) is 9.10. The SMILES string of the molecule is CC(O)(c1noc2c1C(CCC1c3ccccc3-c3ccccc31)CN(C(=O)O)C2)C(F)(F)F. The third-order valence-electron chi connectivity index (χ3n) is 7.04. The van der Waals surface area contributed by atoms with Crippen LogP contribution < -0.4 is 0 Å². The molecule has 2 heterocycles. The van der Waals surface area contributed by atoms with Gasteiger partial charge in [0.15, 0.2) is 5.76 Å². The van der Waals surface area contributed by atoms with Gasteiger partial charge in [0.05, 0.1) is 6.54 Å². The highest BCUT2D eigenvalue weighted by Gasteiger charge is 2.56. The number of rotatable bonds is 4. The molecular formula is C25H23F3N2O4. The second-order valence-electron chi connectivity index (χ2n) is 9.10. The molecule has 2 aliphatic rings. The molecule has 0 fully saturated rings. The molecule has 0 radical (unpaired) electrons. The Kier molecular flexibility index (Phi) is 5.20. The fourth-order valence-electron chi connectivity index (χ4n) is 5.27. The van der Waals surface area contributed by atoms with E-state index in [2.05, 4.69) is 29.4 Å². The lowest BCUT2D eigenvalue weighted by atomic mass is 9.81. The quantitative estimate of drug-likeness (QED) is 0.515. The van der Waals surface area contributed by atoms with Crippen molar-refractivity contribution in [2.24, 2.45) is 0 Å². The lowest BCUT2D eigenvalue weighted by Gasteiger charge is -2.33. The fourth-order valence-corrected chi connectivity index (χ4v) is 5.27. The van der Waals surface area contributed by atoms with Crippen LogP contribution >= 0.6 is 0 Å². The van der Waals surface area contributed by atoms with Crippen LogP contribution in [0.3, 0.4) is 0 Å². The van der Waals surface area contributed by atoms with E-state index in [4.69, 9.17) is 4.52 Å². The molecule has 9 heteroatoms. The van der Waals surface area contributed by atoms with Crippen LogP contribution in [0, 0.1) is 0 Å². The Morgan fingerprint density at radius 1 is 1.09 bits per heavy atom. The minimum absolute atomic E-state index is 0.000494. The van der Waals surface area contributed by atoms with E-state index in [0.29, 0.717) is 19.8 Å². The van der Waals surface area contributed by atoms with Crippen molar-refractivity contribution in [1.82, 2.24) is 10.1 Å². The average molecular weight is 472 g/mol. The highest BCUT2D eigenvalue weighted by atomic mass is 19.4. The summed E-state index contributed by atoms with van der Waals surface area (Å²) < 4.78 is 46.0. The maximum atomic E-state index is 13.6. The number of aliphatic hydroxyl groups is 1. The number of hydrogen-bond donors (Lipinski definition) is 2. The van der Waals surface area contributed by atoms with Crippen LogP contribution in [0.2, 0.25) is 0 Å². The van der Waals surface area contributed by atoms with Gasteiger partial charge >= 0.3 is 12.3 Å². The van der Waals surface area contributed by atoms with Crippen molar-refractivity contribution in [3.63, 3.8) is 0 Å². The minimum Gasteiger partial charge on any atom is -0.465 e. The number of fused-ring (bicyclic) bond motifs is 4. The molecule has 0 saturated heterocycles. The number of halogens is 3. The molecule has 5 rings (SSSR count). The number of carbonyl (C=O) groups is 1. The van der Waals surface area contributed by atoms with Crippen LogP contribution in [0.5, 0.6) is 0 Å². The number of amides is 1. The van der Waals surface area contributed by atoms with Gasteiger partial charge in [-0.25, -0.2) is 4.79 Å². The molecular weight excluding hydrogens is 449 g/mol. The van der Waals surface area contributed by atoms with Gasteiger partial charge in [0.1, 0.15) is 5.69 Å². The molecule has 6 nitrogen and oxygen atoms in total. The van der Waals surface area contributed by atoms with Crippen LogP contribution in [0.25, 0.3) is 11.1 Å². The number of nitrogens with zero attached hydrogens (tertiary/aromatic N) is 2. The van der Waals surface area contributed by atoms with E-state index in [1.54, 1.807) is 0 Å². The number of hydrogen-bond acceptors (Lipinski definition) is 4. The van der Waals surface area contributed by atoms with Crippen molar-refractivity contribution in [3.05, 3.63) is 76.7 Å². The molecule has 2 atom stereocenters. The van der Waals surface area contributed by atoms with Gasteiger partial charge < -0.3 is 19.6 Å². The summed E-state index contributed by atoms with van der Waals surface area (Å²) in [6.45, 7) is 0.437. The fraction of sp³-hybridized carbons (Fsp3) is 0.360. The molecule has 1 aliphatic carbocycles. The zero-order chi connectivity index (χ0) is 24.3. The first kappa shape index (κ1) is 22.5. The van der Waals surface area contributed by atoms with Gasteiger partial charge in [-0.3, -0.25) is 0 Å². The third kappa shape index (κ3) is 3.46. The van der Waals surface area contributed by atoms with E-state index in [1.165, 1.54) is 0 Å². The van der Waals surface area contributed by atoms with E-state index in [0.717, 1.165) is 27.2 Å². The minimum atomic E-state index is -4.96. The van der Waals surface area contributed by atoms with Crippen molar-refractivity contribution in [1.29, 1.82) is 0 Å². The summed E-state index contributed by atoms with van der Waals surface area (Å²) in [5, 5.41) is 23.4. The van der Waals surface area contributed by atoms with Crippen LogP contribution in [0.15, 0.2) is 53.1 Å². The Morgan fingerprint density at radius 2 is 1.68 bits per heavy atom. The third-order valence-corrected chi connectivity index (χ3v) is 7.04. The first-order valence-corrected chi connectivity index (χ1v) is 11.0. The largest absolute Gasteiger partial charge is 0.465 e. The zero-order valence-electron chi connectivity index (χ0n) is 18.3. The van der Waals surface area contributed by atoms with Crippen molar-refractivity contribution in [3.8, 4) is 11.1 Å². The Labute approximate surface area is 193 Å². The Bertz CT molecular complexity index is 1210. The smallest absolute Gasteiger partial charge is 0.422 e. The Hall–Kier alpha value is -3.33. The number of benzene rings is 2. The Balaban J connectivity index is 1.50. The van der Waals surface area contributed by atoms with Crippen LogP contribution in [0.1, 0.15) is 59.7 Å². The van der Waals surface area contributed by atoms with Crippen LogP contribution in [-0.4, -0.2) is 39.1 Å². The first-order chi connectivity index (χ1) is 16.1. The molecule has 1 amide bonds. The highest BCUT2D eigenvalue weighted by molar-refractivity contribution is 5.78. The predicted molar refractivity (Wildman–Crippen MR) is 116 cm³/mol.